The number of methoxy groups -OCH3 is 1. The Morgan fingerprint density at radius 1 is 0.950 bits per heavy atom. The van der Waals surface area contributed by atoms with Crippen LogP contribution in [0, 0.1) is 17.2 Å². The summed E-state index contributed by atoms with van der Waals surface area (Å²) in [7, 11) is 2.59. The van der Waals surface area contributed by atoms with E-state index in [0.29, 0.717) is 34.6 Å². The molecule has 3 aromatic heterocycles. The maximum absolute atomic E-state index is 13.9. The van der Waals surface area contributed by atoms with Crippen molar-refractivity contribution >= 4 is 52.7 Å². The number of amides is 2. The molecule has 2 amide bonds. The summed E-state index contributed by atoms with van der Waals surface area (Å²) < 4.78 is 35.1. The first kappa shape index (κ1) is 42.7. The minimum atomic E-state index is -1.87. The summed E-state index contributed by atoms with van der Waals surface area (Å²) in [6.45, 7) is 3.09. The van der Waals surface area contributed by atoms with Crippen LogP contribution in [0.3, 0.4) is 0 Å². The van der Waals surface area contributed by atoms with Crippen LogP contribution in [-0.4, -0.2) is 110 Å². The predicted octanol–water partition coefficient (Wildman–Crippen LogP) is 4.28. The van der Waals surface area contributed by atoms with Gasteiger partial charge in [0.2, 0.25) is 12.4 Å². The number of hydrogen-bond acceptors (Lipinski definition) is 16. The molecule has 316 valence electrons. The van der Waals surface area contributed by atoms with Gasteiger partial charge in [-0.2, -0.15) is 10.4 Å². The maximum atomic E-state index is 13.9. The average Bonchev–Trinajstić information content (AvgIpc) is 4.01. The highest BCUT2D eigenvalue weighted by molar-refractivity contribution is 5.96. The number of nitrogens with one attached hydrogen (secondary N) is 1. The van der Waals surface area contributed by atoms with Crippen LogP contribution < -0.4 is 5.32 Å². The molecule has 6 atom stereocenters. The van der Waals surface area contributed by atoms with Crippen LogP contribution in [-0.2, 0) is 54.1 Å². The van der Waals surface area contributed by atoms with Gasteiger partial charge in [-0.05, 0) is 36.5 Å². The number of carbonyl (C=O) groups is 6. The zero-order valence-electron chi connectivity index (χ0n) is 33.5. The van der Waals surface area contributed by atoms with E-state index in [1.165, 1.54) is 15.8 Å². The SMILES string of the molecule is COC(=O)[C@H]1O[C@@H](OC(=O)Nc2ccccc2CN(C)C(=O)n2ccc3c(-c4cnn(C(CC#N)C5CCCC5)c4)ncnc32)[C@H](OC(C)=O)[C@@H](OC(C)=O)[C@@H]1OC(C)=O. The second-order valence-electron chi connectivity index (χ2n) is 14.3. The normalized spacial score (nSPS) is 20.6. The van der Waals surface area contributed by atoms with Crippen LogP contribution >= 0.6 is 0 Å². The number of hydrogen-bond donors (Lipinski definition) is 1. The number of fused-ring (bicyclic) bond motifs is 1. The third-order valence-corrected chi connectivity index (χ3v) is 10.2. The van der Waals surface area contributed by atoms with Gasteiger partial charge in [-0.3, -0.25) is 28.9 Å². The molecule has 0 bridgehead atoms. The highest BCUT2D eigenvalue weighted by Crippen LogP contribution is 2.37. The summed E-state index contributed by atoms with van der Waals surface area (Å²) in [4.78, 5) is 86.8. The Hall–Kier alpha value is -6.88. The molecule has 1 aliphatic heterocycles. The number of nitrogens with zero attached hydrogens (tertiary/aromatic N) is 7. The Labute approximate surface area is 343 Å². The van der Waals surface area contributed by atoms with Gasteiger partial charge in [-0.1, -0.05) is 31.0 Å². The van der Waals surface area contributed by atoms with Crippen molar-refractivity contribution < 1.29 is 57.2 Å². The van der Waals surface area contributed by atoms with Crippen LogP contribution in [0.4, 0.5) is 15.3 Å². The molecule has 1 aromatic carbocycles. The quantitative estimate of drug-likeness (QED) is 0.155. The van der Waals surface area contributed by atoms with Crippen LogP contribution in [0.15, 0.2) is 55.2 Å². The standard InChI is InChI=1S/C40H44N8O12/c1-22(49)56-32-33(57-23(2)50)35(58-24(3)51)38(59-34(32)37(52)55-5)60-39(53)45-29-13-9-8-12-26(29)19-46(4)40(54)47-17-15-28-31(42-21-43-36(28)47)27-18-44-48(20-27)30(14-16-41)25-10-6-7-11-25/h8-9,12-13,15,17-18,20-21,25,30,32-35,38H,6-7,10-11,14,19H2,1-5H3,(H,45,53)/t30?,32-,33-,34-,35+,38-/m0/s1. The summed E-state index contributed by atoms with van der Waals surface area (Å²) in [5.74, 6) is -3.38. The van der Waals surface area contributed by atoms with Gasteiger partial charge >= 0.3 is 36.0 Å². The first-order valence-corrected chi connectivity index (χ1v) is 19.1. The summed E-state index contributed by atoms with van der Waals surface area (Å²) >= 11 is 0. The van der Waals surface area contributed by atoms with Gasteiger partial charge in [0, 0.05) is 63.4 Å². The lowest BCUT2D eigenvalue weighted by molar-refractivity contribution is -0.287. The summed E-state index contributed by atoms with van der Waals surface area (Å²) in [6.07, 6.45) is 1.45. The lowest BCUT2D eigenvalue weighted by atomic mass is 9.96. The van der Waals surface area contributed by atoms with Gasteiger partial charge in [0.15, 0.2) is 24.0 Å². The monoisotopic (exact) mass is 828 g/mol. The van der Waals surface area contributed by atoms with Gasteiger partial charge < -0.3 is 33.3 Å². The van der Waals surface area contributed by atoms with Crippen LogP contribution in [0.25, 0.3) is 22.3 Å². The number of rotatable bonds is 12. The summed E-state index contributed by atoms with van der Waals surface area (Å²) in [6, 6.07) is 10.1. The van der Waals surface area contributed by atoms with E-state index in [1.807, 2.05) is 10.9 Å². The van der Waals surface area contributed by atoms with Crippen molar-refractivity contribution in [3.05, 3.63) is 60.8 Å². The van der Waals surface area contributed by atoms with Gasteiger partial charge in [-0.25, -0.2) is 24.4 Å². The number of aromatic nitrogens is 5. The van der Waals surface area contributed by atoms with Gasteiger partial charge in [0.1, 0.15) is 6.33 Å². The molecule has 60 heavy (non-hydrogen) atoms. The molecule has 0 spiro atoms. The minimum absolute atomic E-state index is 0.0138. The molecule has 20 nitrogen and oxygen atoms in total. The zero-order valence-corrected chi connectivity index (χ0v) is 33.5. The number of anilines is 1. The third-order valence-electron chi connectivity index (χ3n) is 10.2. The number of ether oxygens (including phenoxy) is 6. The molecule has 1 saturated heterocycles. The Morgan fingerprint density at radius 2 is 1.63 bits per heavy atom. The number of benzene rings is 1. The van der Waals surface area contributed by atoms with Gasteiger partial charge in [0.25, 0.3) is 0 Å². The Kier molecular flexibility index (Phi) is 13.4. The van der Waals surface area contributed by atoms with Crippen molar-refractivity contribution in [1.82, 2.24) is 29.2 Å². The van der Waals surface area contributed by atoms with Gasteiger partial charge in [0.05, 0.1) is 37.5 Å². The molecule has 4 aromatic rings. The molecule has 1 aliphatic carbocycles. The largest absolute Gasteiger partial charge is 0.467 e. The first-order chi connectivity index (χ1) is 28.8. The van der Waals surface area contributed by atoms with Crippen molar-refractivity contribution in [3.63, 3.8) is 0 Å². The van der Waals surface area contributed by atoms with Crippen LogP contribution in [0.5, 0.6) is 0 Å². The fourth-order valence-electron chi connectivity index (χ4n) is 7.60. The molecular weight excluding hydrogens is 784 g/mol. The maximum Gasteiger partial charge on any atom is 0.414 e. The molecule has 1 saturated carbocycles. The van der Waals surface area contributed by atoms with E-state index in [1.54, 1.807) is 49.8 Å². The van der Waals surface area contributed by atoms with Gasteiger partial charge in [-0.15, -0.1) is 0 Å². The molecule has 0 radical (unpaired) electrons. The minimum Gasteiger partial charge on any atom is -0.467 e. The van der Waals surface area contributed by atoms with E-state index in [4.69, 9.17) is 28.4 Å². The zero-order chi connectivity index (χ0) is 43.1. The Bertz CT molecular complexity index is 2300. The topological polar surface area (TPSA) is 245 Å². The van der Waals surface area contributed by atoms with E-state index in [0.717, 1.165) is 59.1 Å². The Morgan fingerprint density at radius 3 is 2.32 bits per heavy atom. The van der Waals surface area contributed by atoms with Crippen molar-refractivity contribution in [2.24, 2.45) is 5.92 Å². The van der Waals surface area contributed by atoms with Crippen molar-refractivity contribution in [1.29, 1.82) is 5.26 Å². The Balaban J connectivity index is 1.19. The second-order valence-corrected chi connectivity index (χ2v) is 14.3. The lowest BCUT2D eigenvalue weighted by Gasteiger charge is -2.42. The van der Waals surface area contributed by atoms with Crippen molar-refractivity contribution in [3.8, 4) is 17.3 Å². The lowest BCUT2D eigenvalue weighted by Crippen LogP contribution is -2.64. The fourth-order valence-corrected chi connectivity index (χ4v) is 7.60. The average molecular weight is 829 g/mol. The summed E-state index contributed by atoms with van der Waals surface area (Å²) in [5.41, 5.74) is 2.34. The molecule has 2 fully saturated rings. The van der Waals surface area contributed by atoms with E-state index < -0.39 is 66.7 Å². The van der Waals surface area contributed by atoms with E-state index >= 15 is 0 Å². The highest BCUT2D eigenvalue weighted by Gasteiger charge is 2.56. The fraction of sp³-hybridized carbons (Fsp3) is 0.450. The summed E-state index contributed by atoms with van der Waals surface area (Å²) in [5, 5.41) is 17.3. The smallest absolute Gasteiger partial charge is 0.414 e. The van der Waals surface area contributed by atoms with E-state index in [9.17, 15) is 34.0 Å². The predicted molar refractivity (Wildman–Crippen MR) is 206 cm³/mol. The van der Waals surface area contributed by atoms with Crippen molar-refractivity contribution in [2.45, 2.75) is 96.2 Å². The number of carbonyl (C=O) groups excluding carboxylic acids is 6. The van der Waals surface area contributed by atoms with Crippen LogP contribution in [0.2, 0.25) is 0 Å². The van der Waals surface area contributed by atoms with E-state index in [-0.39, 0.29) is 18.3 Å². The molecular formula is C40H44N8O12. The van der Waals surface area contributed by atoms with Crippen molar-refractivity contribution in [2.75, 3.05) is 19.5 Å². The molecule has 1 N–H and O–H groups in total. The molecule has 1 unspecified atom stereocenters. The molecule has 20 heteroatoms. The number of esters is 4. The third kappa shape index (κ3) is 9.52. The number of para-hydroxylation sites is 1. The molecule has 2 aliphatic rings. The first-order valence-electron chi connectivity index (χ1n) is 19.1. The number of nitriles is 1. The van der Waals surface area contributed by atoms with Crippen LogP contribution in [0.1, 0.15) is 64.5 Å². The van der Waals surface area contributed by atoms with E-state index in [2.05, 4.69) is 26.5 Å². The molecule has 6 rings (SSSR count). The second kappa shape index (κ2) is 18.8. The highest BCUT2D eigenvalue weighted by atomic mass is 16.8. The molecule has 4 heterocycles.